The first kappa shape index (κ1) is 15.9. The summed E-state index contributed by atoms with van der Waals surface area (Å²) in [5.74, 6) is 5.32. The van der Waals surface area contributed by atoms with E-state index < -0.39 is 6.09 Å². The zero-order chi connectivity index (χ0) is 15.9. The molecular formula is C14H16N4O3S. The number of nitrogens with one attached hydrogen (secondary N) is 2. The van der Waals surface area contributed by atoms with Crippen LogP contribution in [0, 0.1) is 0 Å². The van der Waals surface area contributed by atoms with E-state index in [2.05, 4.69) is 10.3 Å². The molecule has 0 radical (unpaired) electrons. The van der Waals surface area contributed by atoms with E-state index in [0.717, 1.165) is 11.3 Å². The largest absolute Gasteiger partial charge is 0.426 e. The first-order valence-electron chi connectivity index (χ1n) is 6.57. The molecule has 8 heteroatoms. The molecule has 0 saturated carbocycles. The molecule has 0 atom stereocenters. The monoisotopic (exact) mass is 320 g/mol. The molecule has 1 aromatic heterocycles. The maximum absolute atomic E-state index is 11.2. The molecule has 0 spiro atoms. The van der Waals surface area contributed by atoms with E-state index in [1.54, 1.807) is 12.1 Å². The fraction of sp³-hybridized carbons (Fsp3) is 0.214. The molecular weight excluding hydrogens is 304 g/mol. The van der Waals surface area contributed by atoms with Gasteiger partial charge in [0.15, 0.2) is 5.13 Å². The minimum absolute atomic E-state index is 0.146. The Morgan fingerprint density at radius 1 is 1.32 bits per heavy atom. The molecule has 1 heterocycles. The van der Waals surface area contributed by atoms with Crippen molar-refractivity contribution in [1.82, 2.24) is 10.4 Å². The summed E-state index contributed by atoms with van der Waals surface area (Å²) in [4.78, 5) is 26.5. The van der Waals surface area contributed by atoms with Gasteiger partial charge in [0, 0.05) is 12.3 Å². The van der Waals surface area contributed by atoms with E-state index in [-0.39, 0.29) is 5.91 Å². The van der Waals surface area contributed by atoms with Crippen LogP contribution in [-0.2, 0) is 17.6 Å². The molecule has 2 rings (SSSR count). The fourth-order valence-electron chi connectivity index (χ4n) is 1.83. The number of aromatic nitrogens is 1. The summed E-state index contributed by atoms with van der Waals surface area (Å²) in [7, 11) is 0. The highest BCUT2D eigenvalue weighted by molar-refractivity contribution is 7.13. The lowest BCUT2D eigenvalue weighted by Crippen LogP contribution is -2.33. The predicted molar refractivity (Wildman–Crippen MR) is 83.6 cm³/mol. The summed E-state index contributed by atoms with van der Waals surface area (Å²) in [5.41, 5.74) is 3.67. The Hall–Kier alpha value is -2.45. The third-order valence-corrected chi connectivity index (χ3v) is 3.58. The first-order chi connectivity index (χ1) is 10.6. The van der Waals surface area contributed by atoms with Crippen LogP contribution in [0.1, 0.15) is 18.2 Å². The number of rotatable bonds is 5. The van der Waals surface area contributed by atoms with Crippen molar-refractivity contribution in [2.45, 2.75) is 19.8 Å². The molecule has 7 nitrogen and oxygen atoms in total. The average Bonchev–Trinajstić information content (AvgIpc) is 2.93. The predicted octanol–water partition coefficient (Wildman–Crippen LogP) is 1.85. The summed E-state index contributed by atoms with van der Waals surface area (Å²) in [6.07, 6.45) is 0.604. The molecule has 2 aromatic rings. The van der Waals surface area contributed by atoms with Gasteiger partial charge in [-0.15, -0.1) is 11.3 Å². The number of nitrogens with zero attached hydrogens (tertiary/aromatic N) is 1. The Labute approximate surface area is 131 Å². The van der Waals surface area contributed by atoms with E-state index in [9.17, 15) is 9.59 Å². The minimum Gasteiger partial charge on any atom is -0.409 e. The fourth-order valence-corrected chi connectivity index (χ4v) is 2.62. The molecule has 2 amide bonds. The van der Waals surface area contributed by atoms with Gasteiger partial charge in [-0.2, -0.15) is 0 Å². The second-order valence-electron chi connectivity index (χ2n) is 4.47. The van der Waals surface area contributed by atoms with E-state index in [1.807, 2.05) is 22.9 Å². The number of benzene rings is 1. The van der Waals surface area contributed by atoms with Gasteiger partial charge in [0.2, 0.25) is 5.91 Å². The van der Waals surface area contributed by atoms with Gasteiger partial charge in [-0.3, -0.25) is 10.2 Å². The molecule has 4 N–H and O–H groups in total. The Balaban J connectivity index is 2.00. The van der Waals surface area contributed by atoms with Gasteiger partial charge in [-0.25, -0.2) is 15.6 Å². The number of carbonyl (C=O) groups excluding carboxylic acids is 2. The van der Waals surface area contributed by atoms with E-state index in [0.29, 0.717) is 23.7 Å². The van der Waals surface area contributed by atoms with Gasteiger partial charge >= 0.3 is 6.09 Å². The van der Waals surface area contributed by atoms with Crippen molar-refractivity contribution >= 4 is 28.5 Å². The zero-order valence-electron chi connectivity index (χ0n) is 12.0. The number of hydrogen-bond donors (Lipinski definition) is 3. The number of anilines is 1. The second kappa shape index (κ2) is 7.53. The van der Waals surface area contributed by atoms with Gasteiger partial charge in [0.1, 0.15) is 5.75 Å². The van der Waals surface area contributed by atoms with Gasteiger partial charge in [0.05, 0.1) is 5.69 Å². The molecule has 0 bridgehead atoms. The highest BCUT2D eigenvalue weighted by Crippen LogP contribution is 2.22. The number of thiazole rings is 1. The Morgan fingerprint density at radius 2 is 2.09 bits per heavy atom. The number of para-hydroxylation sites is 1. The topological polar surface area (TPSA) is 106 Å². The van der Waals surface area contributed by atoms with Crippen LogP contribution < -0.4 is 21.3 Å². The third-order valence-electron chi connectivity index (χ3n) is 2.78. The number of amides is 2. The molecule has 0 saturated heterocycles. The van der Waals surface area contributed by atoms with Gasteiger partial charge in [-0.05, 0) is 24.5 Å². The van der Waals surface area contributed by atoms with Crippen LogP contribution >= 0.6 is 11.3 Å². The number of aryl methyl sites for hydroxylation is 2. The van der Waals surface area contributed by atoms with Crippen LogP contribution in [0.2, 0.25) is 0 Å². The third kappa shape index (κ3) is 4.54. The van der Waals surface area contributed by atoms with Crippen LogP contribution in [0.25, 0.3) is 0 Å². The molecule has 0 aliphatic heterocycles. The van der Waals surface area contributed by atoms with Crippen LogP contribution in [0.15, 0.2) is 29.6 Å². The normalized spacial score (nSPS) is 10.1. The minimum atomic E-state index is -0.714. The highest BCUT2D eigenvalue weighted by atomic mass is 32.1. The zero-order valence-corrected chi connectivity index (χ0v) is 12.8. The summed E-state index contributed by atoms with van der Waals surface area (Å²) in [6.45, 7) is 1.44. The molecule has 116 valence electrons. The van der Waals surface area contributed by atoms with Gasteiger partial charge < -0.3 is 10.1 Å². The lowest BCUT2D eigenvalue weighted by atomic mass is 10.1. The number of hydrogen-bond acceptors (Lipinski definition) is 6. The maximum atomic E-state index is 11.2. The summed E-state index contributed by atoms with van der Waals surface area (Å²) < 4.78 is 5.09. The van der Waals surface area contributed by atoms with Crippen molar-refractivity contribution in [3.8, 4) is 5.75 Å². The van der Waals surface area contributed by atoms with Crippen molar-refractivity contribution in [2.24, 2.45) is 5.84 Å². The lowest BCUT2D eigenvalue weighted by Gasteiger charge is -2.08. The second-order valence-corrected chi connectivity index (χ2v) is 5.32. The van der Waals surface area contributed by atoms with Crippen molar-refractivity contribution in [2.75, 3.05) is 5.32 Å². The number of ether oxygens (including phenoxy) is 1. The van der Waals surface area contributed by atoms with Crippen molar-refractivity contribution in [3.63, 3.8) is 0 Å². The van der Waals surface area contributed by atoms with Crippen LogP contribution in [0.5, 0.6) is 5.75 Å². The van der Waals surface area contributed by atoms with Crippen molar-refractivity contribution in [1.29, 1.82) is 0 Å². The summed E-state index contributed by atoms with van der Waals surface area (Å²) in [6, 6.07) is 7.22. The Morgan fingerprint density at radius 3 is 2.82 bits per heavy atom. The summed E-state index contributed by atoms with van der Waals surface area (Å²) in [5, 5.41) is 5.11. The first-order valence-corrected chi connectivity index (χ1v) is 7.44. The van der Waals surface area contributed by atoms with E-state index in [4.69, 9.17) is 10.6 Å². The SMILES string of the molecule is CC(=O)Nc1nc(CCc2ccccc2OC(=O)NN)cs1. The summed E-state index contributed by atoms with van der Waals surface area (Å²) >= 11 is 1.38. The van der Waals surface area contributed by atoms with Crippen LogP contribution in [0.3, 0.4) is 0 Å². The smallest absolute Gasteiger partial charge is 0.409 e. The highest BCUT2D eigenvalue weighted by Gasteiger charge is 2.09. The average molecular weight is 320 g/mol. The molecule has 22 heavy (non-hydrogen) atoms. The Bertz CT molecular complexity index is 672. The number of carbonyl (C=O) groups is 2. The lowest BCUT2D eigenvalue weighted by molar-refractivity contribution is -0.114. The molecule has 0 fully saturated rings. The Kier molecular flexibility index (Phi) is 5.45. The standard InChI is InChI=1S/C14H16N4O3S/c1-9(19)16-13-17-11(8-22-13)7-6-10-4-2-3-5-12(10)21-14(20)18-15/h2-5,8H,6-7,15H2,1H3,(H,18,20)(H,16,17,19). The molecule has 0 aliphatic carbocycles. The van der Waals surface area contributed by atoms with Crippen LogP contribution in [-0.4, -0.2) is 17.0 Å². The maximum Gasteiger partial charge on any atom is 0.426 e. The van der Waals surface area contributed by atoms with Crippen LogP contribution in [0.4, 0.5) is 9.93 Å². The van der Waals surface area contributed by atoms with E-state index >= 15 is 0 Å². The number of nitrogens with two attached hydrogens (primary N) is 1. The van der Waals surface area contributed by atoms with E-state index in [1.165, 1.54) is 18.3 Å². The van der Waals surface area contributed by atoms with Gasteiger partial charge in [-0.1, -0.05) is 18.2 Å². The van der Waals surface area contributed by atoms with Crippen molar-refractivity contribution < 1.29 is 14.3 Å². The van der Waals surface area contributed by atoms with Gasteiger partial charge in [0.25, 0.3) is 0 Å². The quantitative estimate of drug-likeness (QED) is 0.443. The van der Waals surface area contributed by atoms with Crippen molar-refractivity contribution in [3.05, 3.63) is 40.9 Å². The molecule has 0 aliphatic rings. The molecule has 0 unspecified atom stereocenters. The molecule has 1 aromatic carbocycles. The number of hydrazine groups is 1.